The van der Waals surface area contributed by atoms with Crippen LogP contribution in [0.4, 0.5) is 0 Å². The summed E-state index contributed by atoms with van der Waals surface area (Å²) in [5, 5.41) is 2.91. The molecule has 3 rings (SSSR count). The van der Waals surface area contributed by atoms with E-state index in [-0.39, 0.29) is 11.9 Å². The van der Waals surface area contributed by atoms with Gasteiger partial charge in [-0.15, -0.1) is 0 Å². The molecule has 17 heavy (non-hydrogen) atoms. The molecule has 1 aromatic rings. The predicted octanol–water partition coefficient (Wildman–Crippen LogP) is 1.36. The molecule has 0 bridgehead atoms. The van der Waals surface area contributed by atoms with Crippen LogP contribution in [0.25, 0.3) is 0 Å². The molecule has 2 aliphatic rings. The van der Waals surface area contributed by atoms with Gasteiger partial charge in [-0.2, -0.15) is 0 Å². The zero-order valence-corrected chi connectivity index (χ0v) is 9.52. The summed E-state index contributed by atoms with van der Waals surface area (Å²) in [6, 6.07) is 7.50. The Kier molecular flexibility index (Phi) is 2.73. The van der Waals surface area contributed by atoms with Gasteiger partial charge in [0.15, 0.2) is 0 Å². The van der Waals surface area contributed by atoms with Gasteiger partial charge in [0.1, 0.15) is 5.75 Å². The molecule has 1 aliphatic heterocycles. The number of amides is 1. The van der Waals surface area contributed by atoms with Gasteiger partial charge in [0.05, 0.1) is 25.4 Å². The highest BCUT2D eigenvalue weighted by molar-refractivity contribution is 5.94. The molecule has 0 spiro atoms. The minimum Gasteiger partial charge on any atom is -0.490 e. The number of rotatable bonds is 4. The van der Waals surface area contributed by atoms with Crippen molar-refractivity contribution in [2.75, 3.05) is 13.2 Å². The number of hydrogen-bond donors (Lipinski definition) is 1. The van der Waals surface area contributed by atoms with Gasteiger partial charge in [-0.05, 0) is 31.0 Å². The zero-order valence-electron chi connectivity index (χ0n) is 9.52. The van der Waals surface area contributed by atoms with Crippen LogP contribution in [0.5, 0.6) is 5.75 Å². The largest absolute Gasteiger partial charge is 0.490 e. The van der Waals surface area contributed by atoms with E-state index in [0.29, 0.717) is 24.9 Å². The lowest BCUT2D eigenvalue weighted by molar-refractivity contribution is -0.00346. The Morgan fingerprint density at radius 2 is 2.18 bits per heavy atom. The fourth-order valence-corrected chi connectivity index (χ4v) is 1.68. The Labute approximate surface area is 99.9 Å². The van der Waals surface area contributed by atoms with Gasteiger partial charge in [-0.1, -0.05) is 6.07 Å². The molecule has 1 heterocycles. The van der Waals surface area contributed by atoms with Crippen molar-refractivity contribution < 1.29 is 14.3 Å². The Balaban J connectivity index is 1.65. The van der Waals surface area contributed by atoms with Crippen LogP contribution >= 0.6 is 0 Å². The quantitative estimate of drug-likeness (QED) is 0.854. The summed E-state index contributed by atoms with van der Waals surface area (Å²) in [6.07, 6.45) is 2.60. The summed E-state index contributed by atoms with van der Waals surface area (Å²) >= 11 is 0. The summed E-state index contributed by atoms with van der Waals surface area (Å²) in [5.41, 5.74) is 0.648. The van der Waals surface area contributed by atoms with Gasteiger partial charge in [-0.3, -0.25) is 4.79 Å². The maximum atomic E-state index is 11.9. The monoisotopic (exact) mass is 233 g/mol. The lowest BCUT2D eigenvalue weighted by Crippen LogP contribution is -2.48. The van der Waals surface area contributed by atoms with Crippen LogP contribution in [0.3, 0.4) is 0 Å². The molecule has 4 nitrogen and oxygen atoms in total. The van der Waals surface area contributed by atoms with Crippen LogP contribution in [0.15, 0.2) is 24.3 Å². The van der Waals surface area contributed by atoms with E-state index in [9.17, 15) is 4.79 Å². The molecule has 0 aromatic heterocycles. The third-order valence-electron chi connectivity index (χ3n) is 2.90. The smallest absolute Gasteiger partial charge is 0.251 e. The molecule has 1 saturated carbocycles. The zero-order chi connectivity index (χ0) is 11.7. The van der Waals surface area contributed by atoms with Crippen molar-refractivity contribution in [2.45, 2.75) is 25.0 Å². The molecule has 1 saturated heterocycles. The molecular weight excluding hydrogens is 218 g/mol. The van der Waals surface area contributed by atoms with Crippen molar-refractivity contribution in [1.29, 1.82) is 0 Å². The van der Waals surface area contributed by atoms with E-state index in [0.717, 1.165) is 18.6 Å². The lowest BCUT2D eigenvalue weighted by atomic mass is 10.1. The molecular formula is C13H15NO3. The van der Waals surface area contributed by atoms with E-state index in [4.69, 9.17) is 9.47 Å². The number of carbonyl (C=O) groups excluding carboxylic acids is 1. The molecule has 1 aromatic carbocycles. The van der Waals surface area contributed by atoms with Gasteiger partial charge < -0.3 is 14.8 Å². The van der Waals surface area contributed by atoms with E-state index in [2.05, 4.69) is 5.32 Å². The summed E-state index contributed by atoms with van der Waals surface area (Å²) in [4.78, 5) is 11.9. The van der Waals surface area contributed by atoms with Crippen molar-refractivity contribution in [3.8, 4) is 5.75 Å². The first-order chi connectivity index (χ1) is 8.31. The number of hydrogen-bond acceptors (Lipinski definition) is 3. The SMILES string of the molecule is O=C(NC1COC1)c1cccc(OC2CC2)c1. The maximum Gasteiger partial charge on any atom is 0.251 e. The number of nitrogens with one attached hydrogen (secondary N) is 1. The van der Waals surface area contributed by atoms with Gasteiger partial charge in [0.25, 0.3) is 5.91 Å². The molecule has 2 fully saturated rings. The van der Waals surface area contributed by atoms with Crippen LogP contribution in [-0.2, 0) is 4.74 Å². The van der Waals surface area contributed by atoms with Crippen molar-refractivity contribution in [3.63, 3.8) is 0 Å². The second kappa shape index (κ2) is 4.37. The second-order valence-corrected chi connectivity index (χ2v) is 4.55. The maximum absolute atomic E-state index is 11.9. The van der Waals surface area contributed by atoms with Crippen LogP contribution < -0.4 is 10.1 Å². The number of ether oxygens (including phenoxy) is 2. The van der Waals surface area contributed by atoms with Crippen molar-refractivity contribution in [3.05, 3.63) is 29.8 Å². The van der Waals surface area contributed by atoms with E-state index in [1.165, 1.54) is 0 Å². The molecule has 90 valence electrons. The molecule has 0 unspecified atom stereocenters. The second-order valence-electron chi connectivity index (χ2n) is 4.55. The van der Waals surface area contributed by atoms with Crippen LogP contribution in [-0.4, -0.2) is 31.3 Å². The first kappa shape index (κ1) is 10.6. The average Bonchev–Trinajstić information content (AvgIpc) is 3.07. The molecule has 0 radical (unpaired) electrons. The molecule has 1 aliphatic carbocycles. The van der Waals surface area contributed by atoms with Crippen molar-refractivity contribution in [1.82, 2.24) is 5.32 Å². The van der Waals surface area contributed by atoms with Crippen LogP contribution in [0.1, 0.15) is 23.2 Å². The molecule has 4 heteroatoms. The Hall–Kier alpha value is -1.55. The van der Waals surface area contributed by atoms with E-state index in [1.54, 1.807) is 12.1 Å². The highest BCUT2D eigenvalue weighted by atomic mass is 16.5. The van der Waals surface area contributed by atoms with Gasteiger partial charge >= 0.3 is 0 Å². The van der Waals surface area contributed by atoms with Crippen LogP contribution in [0, 0.1) is 0 Å². The van der Waals surface area contributed by atoms with Crippen molar-refractivity contribution in [2.24, 2.45) is 0 Å². The van der Waals surface area contributed by atoms with Gasteiger partial charge in [0.2, 0.25) is 0 Å². The molecule has 0 atom stereocenters. The Morgan fingerprint density at radius 1 is 1.35 bits per heavy atom. The number of carbonyl (C=O) groups is 1. The minimum absolute atomic E-state index is 0.0560. The minimum atomic E-state index is -0.0560. The Bertz CT molecular complexity index is 424. The Morgan fingerprint density at radius 3 is 2.82 bits per heavy atom. The summed E-state index contributed by atoms with van der Waals surface area (Å²) in [5.74, 6) is 0.726. The molecule has 1 amide bonds. The van der Waals surface area contributed by atoms with E-state index < -0.39 is 0 Å². The van der Waals surface area contributed by atoms with Gasteiger partial charge in [0, 0.05) is 5.56 Å². The first-order valence-corrected chi connectivity index (χ1v) is 5.96. The highest BCUT2D eigenvalue weighted by Gasteiger charge is 2.24. The van der Waals surface area contributed by atoms with E-state index >= 15 is 0 Å². The standard InChI is InChI=1S/C13H15NO3/c15-13(14-10-7-16-8-10)9-2-1-3-12(6-9)17-11-4-5-11/h1-3,6,10-11H,4-5,7-8H2,(H,14,15). The summed E-state index contributed by atoms with van der Waals surface area (Å²) in [6.45, 7) is 1.23. The average molecular weight is 233 g/mol. The molecule has 1 N–H and O–H groups in total. The third-order valence-corrected chi connectivity index (χ3v) is 2.90. The first-order valence-electron chi connectivity index (χ1n) is 5.96. The third kappa shape index (κ3) is 2.58. The topological polar surface area (TPSA) is 47.6 Å². The fraction of sp³-hybridized carbons (Fsp3) is 0.462. The highest BCUT2D eigenvalue weighted by Crippen LogP contribution is 2.27. The lowest BCUT2D eigenvalue weighted by Gasteiger charge is -2.26. The fourth-order valence-electron chi connectivity index (χ4n) is 1.68. The van der Waals surface area contributed by atoms with E-state index in [1.807, 2.05) is 12.1 Å². The van der Waals surface area contributed by atoms with Gasteiger partial charge in [-0.25, -0.2) is 0 Å². The number of benzene rings is 1. The summed E-state index contributed by atoms with van der Waals surface area (Å²) in [7, 11) is 0. The normalized spacial score (nSPS) is 19.5. The summed E-state index contributed by atoms with van der Waals surface area (Å²) < 4.78 is 10.7. The van der Waals surface area contributed by atoms with Crippen LogP contribution in [0.2, 0.25) is 0 Å². The predicted molar refractivity (Wildman–Crippen MR) is 62.2 cm³/mol. The van der Waals surface area contributed by atoms with Crippen molar-refractivity contribution >= 4 is 5.91 Å².